The van der Waals surface area contributed by atoms with E-state index < -0.39 is 5.97 Å². The second-order valence-electron chi connectivity index (χ2n) is 10.4. The van der Waals surface area contributed by atoms with Crippen molar-refractivity contribution in [2.75, 3.05) is 38.2 Å². The summed E-state index contributed by atoms with van der Waals surface area (Å²) in [6.45, 7) is 3.85. The number of H-pyrrole nitrogens is 1. The quantitative estimate of drug-likeness (QED) is 0.322. The number of benzene rings is 3. The van der Waals surface area contributed by atoms with Gasteiger partial charge in [0.2, 0.25) is 0 Å². The maximum atomic E-state index is 14.3. The monoisotopic (exact) mass is 528 g/mol. The number of halogens is 1. The first-order chi connectivity index (χ1) is 19.0. The van der Waals surface area contributed by atoms with Gasteiger partial charge in [0.1, 0.15) is 11.6 Å². The Balaban J connectivity index is 1.26. The first-order valence-corrected chi connectivity index (χ1v) is 13.5. The molecule has 0 spiro atoms. The molecule has 4 aromatic rings. The van der Waals surface area contributed by atoms with Crippen molar-refractivity contribution in [2.24, 2.45) is 0 Å². The summed E-state index contributed by atoms with van der Waals surface area (Å²) in [4.78, 5) is 19.7. The van der Waals surface area contributed by atoms with E-state index in [1.54, 1.807) is 13.2 Å². The Morgan fingerprint density at radius 3 is 2.59 bits per heavy atom. The van der Waals surface area contributed by atoms with E-state index in [1.807, 2.05) is 30.3 Å². The van der Waals surface area contributed by atoms with Crippen molar-refractivity contribution < 1.29 is 19.0 Å². The van der Waals surface area contributed by atoms with Gasteiger partial charge < -0.3 is 25.0 Å². The van der Waals surface area contributed by atoms with Crippen LogP contribution in [0.25, 0.3) is 10.9 Å². The first kappa shape index (κ1) is 25.4. The van der Waals surface area contributed by atoms with Crippen LogP contribution in [0.3, 0.4) is 0 Å². The molecular weight excluding hydrogens is 495 g/mol. The predicted octanol–water partition coefficient (Wildman–Crippen LogP) is 4.72. The van der Waals surface area contributed by atoms with E-state index in [1.165, 1.54) is 11.6 Å². The van der Waals surface area contributed by atoms with Gasteiger partial charge in [0.15, 0.2) is 0 Å². The molecule has 1 saturated heterocycles. The second kappa shape index (κ2) is 10.7. The summed E-state index contributed by atoms with van der Waals surface area (Å²) in [5.41, 5.74) is 6.14. The number of hydrogen-bond donors (Lipinski definition) is 3. The largest absolute Gasteiger partial charge is 0.496 e. The minimum Gasteiger partial charge on any atom is -0.496 e. The number of aliphatic carboxylic acids is 1. The van der Waals surface area contributed by atoms with Gasteiger partial charge in [-0.3, -0.25) is 9.69 Å². The average molecular weight is 529 g/mol. The Morgan fingerprint density at radius 2 is 1.82 bits per heavy atom. The van der Waals surface area contributed by atoms with Crippen LogP contribution in [0.1, 0.15) is 34.8 Å². The van der Waals surface area contributed by atoms with Crippen LogP contribution in [0.4, 0.5) is 10.1 Å². The van der Waals surface area contributed by atoms with Crippen molar-refractivity contribution >= 4 is 22.6 Å². The molecule has 2 atom stereocenters. The number of methoxy groups -OCH3 is 1. The molecule has 0 saturated carbocycles. The molecule has 3 N–H and O–H groups in total. The number of nitrogens with one attached hydrogen (secondary N) is 2. The first-order valence-electron chi connectivity index (χ1n) is 13.5. The number of carbonyl (C=O) groups is 1. The molecule has 0 aliphatic carbocycles. The van der Waals surface area contributed by atoms with Crippen LogP contribution in [-0.2, 0) is 17.8 Å². The van der Waals surface area contributed by atoms with Gasteiger partial charge in [0.25, 0.3) is 0 Å². The molecule has 0 amide bonds. The van der Waals surface area contributed by atoms with E-state index in [-0.39, 0.29) is 24.3 Å². The van der Waals surface area contributed by atoms with Crippen molar-refractivity contribution in [3.63, 3.8) is 0 Å². The number of piperazine rings is 1. The topological polar surface area (TPSA) is 80.8 Å². The number of ether oxygens (including phenoxy) is 1. The number of nitrogens with zero attached hydrogens (tertiary/aromatic N) is 2. The van der Waals surface area contributed by atoms with Crippen molar-refractivity contribution in [2.45, 2.75) is 31.5 Å². The number of carboxylic acid groups (broad SMARTS) is 1. The predicted molar refractivity (Wildman–Crippen MR) is 150 cm³/mol. The molecule has 2 aliphatic heterocycles. The highest BCUT2D eigenvalue weighted by Gasteiger charge is 2.32. The highest BCUT2D eigenvalue weighted by molar-refractivity contribution is 5.85. The zero-order chi connectivity index (χ0) is 26.9. The summed E-state index contributed by atoms with van der Waals surface area (Å²) in [6, 6.07) is 21.1. The van der Waals surface area contributed by atoms with Crippen LogP contribution in [0, 0.1) is 5.82 Å². The molecule has 0 bridgehead atoms. The Morgan fingerprint density at radius 1 is 1.05 bits per heavy atom. The summed E-state index contributed by atoms with van der Waals surface area (Å²) < 4.78 is 20.0. The molecule has 6 rings (SSSR count). The number of carboxylic acids is 1. The molecule has 0 radical (unpaired) electrons. The number of anilines is 1. The molecule has 2 unspecified atom stereocenters. The number of aromatic amines is 1. The number of rotatable bonds is 7. The highest BCUT2D eigenvalue weighted by Crippen LogP contribution is 2.37. The number of aromatic nitrogens is 1. The summed E-state index contributed by atoms with van der Waals surface area (Å²) in [7, 11) is 1.69. The molecule has 202 valence electrons. The summed E-state index contributed by atoms with van der Waals surface area (Å²) in [6.07, 6.45) is 0.724. The van der Waals surface area contributed by atoms with Gasteiger partial charge in [-0.15, -0.1) is 0 Å². The molecule has 3 heterocycles. The molecule has 1 aromatic heterocycles. The summed E-state index contributed by atoms with van der Waals surface area (Å²) in [5.74, 6) is -0.164. The zero-order valence-electron chi connectivity index (χ0n) is 22.0. The molecule has 7 nitrogen and oxygen atoms in total. The number of para-hydroxylation sites is 2. The van der Waals surface area contributed by atoms with Crippen LogP contribution in [-0.4, -0.2) is 60.3 Å². The summed E-state index contributed by atoms with van der Waals surface area (Å²) >= 11 is 0. The van der Waals surface area contributed by atoms with Crippen LogP contribution in [0.15, 0.2) is 66.7 Å². The fourth-order valence-electron chi connectivity index (χ4n) is 6.11. The van der Waals surface area contributed by atoms with E-state index in [4.69, 9.17) is 4.74 Å². The lowest BCUT2D eigenvalue weighted by molar-refractivity contribution is -0.137. The van der Waals surface area contributed by atoms with Gasteiger partial charge >= 0.3 is 5.97 Å². The Labute approximate surface area is 227 Å². The molecule has 1 fully saturated rings. The zero-order valence-corrected chi connectivity index (χ0v) is 22.0. The van der Waals surface area contributed by atoms with Gasteiger partial charge in [-0.25, -0.2) is 4.39 Å². The molecule has 2 aliphatic rings. The lowest BCUT2D eigenvalue weighted by Gasteiger charge is -2.36. The lowest BCUT2D eigenvalue weighted by atomic mass is 9.88. The SMILES string of the molecule is COc1ccc(C2NC(CC(=O)O)Cc3c2[nH]c2ccccc32)cc1CN1CCN(c2ccccc2F)CC1. The number of hydrogen-bond acceptors (Lipinski definition) is 5. The van der Waals surface area contributed by atoms with Gasteiger partial charge in [-0.05, 0) is 47.9 Å². The minimum absolute atomic E-state index is 0.0603. The van der Waals surface area contributed by atoms with Crippen LogP contribution < -0.4 is 15.0 Å². The van der Waals surface area contributed by atoms with Crippen LogP contribution >= 0.6 is 0 Å². The van der Waals surface area contributed by atoms with E-state index in [0.717, 1.165) is 59.7 Å². The molecular formula is C31H33FN4O3. The van der Waals surface area contributed by atoms with Crippen molar-refractivity contribution in [3.8, 4) is 5.75 Å². The Bertz CT molecular complexity index is 1490. The maximum absolute atomic E-state index is 14.3. The van der Waals surface area contributed by atoms with Gasteiger partial charge in [0.05, 0.1) is 25.3 Å². The van der Waals surface area contributed by atoms with E-state index in [9.17, 15) is 14.3 Å². The van der Waals surface area contributed by atoms with Gasteiger partial charge in [0, 0.05) is 60.9 Å². The molecule has 39 heavy (non-hydrogen) atoms. The Hall–Kier alpha value is -3.88. The third-order valence-corrected chi connectivity index (χ3v) is 8.01. The third-order valence-electron chi connectivity index (χ3n) is 8.01. The minimum atomic E-state index is -0.806. The smallest absolute Gasteiger partial charge is 0.304 e. The lowest BCUT2D eigenvalue weighted by Crippen LogP contribution is -2.46. The molecule has 3 aromatic carbocycles. The van der Waals surface area contributed by atoms with Gasteiger partial charge in [-0.2, -0.15) is 0 Å². The van der Waals surface area contributed by atoms with E-state index in [2.05, 4.69) is 44.4 Å². The van der Waals surface area contributed by atoms with Crippen molar-refractivity contribution in [3.05, 3.63) is 94.9 Å². The van der Waals surface area contributed by atoms with Crippen LogP contribution in [0.5, 0.6) is 5.75 Å². The fourth-order valence-corrected chi connectivity index (χ4v) is 6.11. The second-order valence-corrected chi connectivity index (χ2v) is 10.4. The van der Waals surface area contributed by atoms with Gasteiger partial charge in [-0.1, -0.05) is 36.4 Å². The van der Waals surface area contributed by atoms with E-state index in [0.29, 0.717) is 18.7 Å². The summed E-state index contributed by atoms with van der Waals surface area (Å²) in [5, 5.41) is 14.3. The molecule has 8 heteroatoms. The van der Waals surface area contributed by atoms with Crippen molar-refractivity contribution in [1.29, 1.82) is 0 Å². The average Bonchev–Trinajstić information content (AvgIpc) is 3.32. The number of fused-ring (bicyclic) bond motifs is 3. The maximum Gasteiger partial charge on any atom is 0.304 e. The highest BCUT2D eigenvalue weighted by atomic mass is 19.1. The van der Waals surface area contributed by atoms with Crippen molar-refractivity contribution in [1.82, 2.24) is 15.2 Å². The van der Waals surface area contributed by atoms with E-state index >= 15 is 0 Å². The fraction of sp³-hybridized carbons (Fsp3) is 0.323. The standard InChI is InChI=1S/C31H33FN4O3/c1-39-28-11-10-20(16-21(28)19-35-12-14-36(15-13-35)27-9-5-3-7-25(27)32)30-31-24(17-22(33-30)18-29(37)38)23-6-2-4-8-26(23)34-31/h2-11,16,22,30,33-34H,12-15,17-19H2,1H3,(H,37,38). The third kappa shape index (κ3) is 5.10. The Kier molecular flexibility index (Phi) is 6.97. The van der Waals surface area contributed by atoms with Crippen LogP contribution in [0.2, 0.25) is 0 Å². The normalized spacial score (nSPS) is 19.7.